The summed E-state index contributed by atoms with van der Waals surface area (Å²) in [5.74, 6) is 1.07. The van der Waals surface area contributed by atoms with Crippen LogP contribution in [-0.2, 0) is 19.5 Å². The molecule has 1 saturated heterocycles. The molecule has 0 spiro atoms. The second-order valence-corrected chi connectivity index (χ2v) is 26.3. The van der Waals surface area contributed by atoms with Crippen LogP contribution in [0.15, 0.2) is 113 Å². The standard InChI is InChI=1S/C61H84N2O10Si/c1-11-12-13-14-15-16-17-18-19-20-21-22-23-27-40-70-52-42-46(41-44(2)45(52)3)57(66)63-54(64)38-39-62(59(63)67)58-56(73-74(9,10)60(4,5)6)55(65)53(72-58)43-71-61(47-28-25-24-26-29-47,48-30-34-50(68-7)35-31-48)49-32-36-51(69-8)37-33-49/h24-26,28-39,41-42,53,55-56,58,65H,11-23,27,40,43H2,1-10H3/t53-,55+,56?,58-/m1/s1. The summed E-state index contributed by atoms with van der Waals surface area (Å²) in [4.78, 5) is 43.0. The SMILES string of the molecule is CCCCCCCCCCCCCCCCOc1cc(C(=O)n2c(=O)ccn([C@@H]3O[C@H](COC(c4ccccc4)(c4ccc(OC)cc4)c4ccc(OC)cc4)[C@H](O)C3O[Si](C)(C)C(C)(C)C)c2=O)cc(C)c1C. The first-order valence-corrected chi connectivity index (χ1v) is 30.0. The summed E-state index contributed by atoms with van der Waals surface area (Å²) < 4.78 is 40.0. The summed E-state index contributed by atoms with van der Waals surface area (Å²) in [6, 6.07) is 29.5. The van der Waals surface area contributed by atoms with E-state index in [-0.39, 0.29) is 17.2 Å². The topological polar surface area (TPSA) is 137 Å². The maximum absolute atomic E-state index is 14.8. The predicted molar refractivity (Wildman–Crippen MR) is 297 cm³/mol. The number of methoxy groups -OCH3 is 2. The lowest BCUT2D eigenvalue weighted by Crippen LogP contribution is -2.51. The molecule has 1 unspecified atom stereocenters. The van der Waals surface area contributed by atoms with Crippen molar-refractivity contribution in [1.29, 1.82) is 0 Å². The van der Waals surface area contributed by atoms with Crippen LogP contribution >= 0.6 is 0 Å². The predicted octanol–water partition coefficient (Wildman–Crippen LogP) is 12.9. The van der Waals surface area contributed by atoms with Gasteiger partial charge >= 0.3 is 5.69 Å². The maximum Gasteiger partial charge on any atom is 0.340 e. The Bertz CT molecular complexity index is 2610. The number of rotatable bonds is 28. The molecule has 0 aliphatic carbocycles. The number of aromatic nitrogens is 2. The van der Waals surface area contributed by atoms with Crippen molar-refractivity contribution in [2.45, 2.75) is 180 Å². The molecule has 13 heteroatoms. The van der Waals surface area contributed by atoms with E-state index >= 15 is 0 Å². The molecule has 1 aromatic heterocycles. The Balaban J connectivity index is 1.23. The average molecular weight is 1030 g/mol. The molecule has 0 radical (unpaired) electrons. The zero-order valence-electron chi connectivity index (χ0n) is 46.0. The van der Waals surface area contributed by atoms with Crippen LogP contribution in [0.5, 0.6) is 17.2 Å². The van der Waals surface area contributed by atoms with Gasteiger partial charge in [0.25, 0.3) is 11.5 Å². The first-order chi connectivity index (χ1) is 35.5. The molecule has 0 amide bonds. The van der Waals surface area contributed by atoms with Crippen LogP contribution in [0.1, 0.15) is 162 Å². The minimum Gasteiger partial charge on any atom is -0.497 e. The number of aliphatic hydroxyl groups is 1. The van der Waals surface area contributed by atoms with Crippen molar-refractivity contribution in [3.05, 3.63) is 157 Å². The summed E-state index contributed by atoms with van der Waals surface area (Å²) in [6.07, 6.45) is 14.3. The van der Waals surface area contributed by atoms with Crippen LogP contribution in [0.4, 0.5) is 0 Å². The Morgan fingerprint density at radius 3 is 1.73 bits per heavy atom. The number of nitrogens with zero attached hydrogens (tertiary/aromatic N) is 2. The van der Waals surface area contributed by atoms with Crippen molar-refractivity contribution >= 4 is 14.2 Å². The van der Waals surface area contributed by atoms with Crippen LogP contribution in [0, 0.1) is 13.8 Å². The molecular weight excluding hydrogens is 949 g/mol. The molecule has 1 aliphatic rings. The molecule has 402 valence electrons. The number of unbranched alkanes of at least 4 members (excludes halogenated alkanes) is 13. The van der Waals surface area contributed by atoms with Crippen molar-refractivity contribution in [3.63, 3.8) is 0 Å². The number of benzene rings is 4. The van der Waals surface area contributed by atoms with Crippen molar-refractivity contribution in [2.24, 2.45) is 0 Å². The van der Waals surface area contributed by atoms with Crippen LogP contribution < -0.4 is 25.5 Å². The Labute approximate surface area is 441 Å². The summed E-state index contributed by atoms with van der Waals surface area (Å²) >= 11 is 0. The first kappa shape index (κ1) is 58.0. The second kappa shape index (κ2) is 26.9. The van der Waals surface area contributed by atoms with Gasteiger partial charge in [0, 0.05) is 17.8 Å². The third-order valence-corrected chi connectivity index (χ3v) is 19.8. The van der Waals surface area contributed by atoms with Gasteiger partial charge in [-0.05, 0) is 103 Å². The minimum absolute atomic E-state index is 0.142. The Kier molecular flexibility index (Phi) is 21.1. The number of carbonyl (C=O) groups is 1. The van der Waals surface area contributed by atoms with Gasteiger partial charge < -0.3 is 33.2 Å². The number of aliphatic hydroxyl groups excluding tert-OH is 1. The molecule has 1 N–H and O–H groups in total. The molecule has 2 heterocycles. The monoisotopic (exact) mass is 1030 g/mol. The Hall–Kier alpha value is -5.31. The van der Waals surface area contributed by atoms with E-state index in [0.29, 0.717) is 28.4 Å². The molecule has 1 aliphatic heterocycles. The van der Waals surface area contributed by atoms with Gasteiger partial charge in [0.15, 0.2) is 14.5 Å². The van der Waals surface area contributed by atoms with Gasteiger partial charge in [0.1, 0.15) is 41.2 Å². The molecule has 6 rings (SSSR count). The third-order valence-electron chi connectivity index (χ3n) is 15.3. The molecule has 0 bridgehead atoms. The van der Waals surface area contributed by atoms with Crippen molar-refractivity contribution in [3.8, 4) is 17.2 Å². The number of aryl methyl sites for hydroxylation is 1. The van der Waals surface area contributed by atoms with E-state index in [9.17, 15) is 19.5 Å². The van der Waals surface area contributed by atoms with E-state index < -0.39 is 55.6 Å². The van der Waals surface area contributed by atoms with Crippen molar-refractivity contribution in [2.75, 3.05) is 27.4 Å². The first-order valence-electron chi connectivity index (χ1n) is 27.1. The zero-order chi connectivity index (χ0) is 53.5. The molecule has 74 heavy (non-hydrogen) atoms. The summed E-state index contributed by atoms with van der Waals surface area (Å²) in [5, 5.41) is 12.1. The van der Waals surface area contributed by atoms with Crippen LogP contribution in [-0.4, -0.2) is 74.2 Å². The van der Waals surface area contributed by atoms with E-state index in [4.69, 9.17) is 28.1 Å². The highest BCUT2D eigenvalue weighted by molar-refractivity contribution is 6.74. The summed E-state index contributed by atoms with van der Waals surface area (Å²) in [6.45, 7) is 16.8. The van der Waals surface area contributed by atoms with E-state index in [1.807, 2.05) is 92.7 Å². The average Bonchev–Trinajstić information content (AvgIpc) is 3.69. The highest BCUT2D eigenvalue weighted by Crippen LogP contribution is 2.45. The smallest absolute Gasteiger partial charge is 0.340 e. The summed E-state index contributed by atoms with van der Waals surface area (Å²) in [7, 11) is 0.536. The third kappa shape index (κ3) is 14.1. The normalized spacial score (nSPS) is 17.1. The molecular formula is C61H84N2O10Si. The quantitative estimate of drug-likeness (QED) is 0.0293. The summed E-state index contributed by atoms with van der Waals surface area (Å²) in [5.41, 5.74) is 1.22. The van der Waals surface area contributed by atoms with E-state index in [1.165, 1.54) is 87.5 Å². The van der Waals surface area contributed by atoms with Crippen LogP contribution in [0.3, 0.4) is 0 Å². The van der Waals surface area contributed by atoms with Gasteiger partial charge in [-0.1, -0.05) is 166 Å². The number of hydrogen-bond acceptors (Lipinski definition) is 10. The zero-order valence-corrected chi connectivity index (χ0v) is 47.0. The van der Waals surface area contributed by atoms with E-state index in [1.54, 1.807) is 26.4 Å². The lowest BCUT2D eigenvalue weighted by molar-refractivity contribution is -0.0958. The second-order valence-electron chi connectivity index (χ2n) is 21.6. The fourth-order valence-electron chi connectivity index (χ4n) is 9.59. The molecule has 0 saturated carbocycles. The van der Waals surface area contributed by atoms with Gasteiger partial charge in [-0.15, -0.1) is 0 Å². The van der Waals surface area contributed by atoms with Gasteiger partial charge in [0.2, 0.25) is 0 Å². The molecule has 12 nitrogen and oxygen atoms in total. The highest BCUT2D eigenvalue weighted by Gasteiger charge is 2.52. The number of hydrogen-bond donors (Lipinski definition) is 1. The lowest BCUT2D eigenvalue weighted by atomic mass is 9.80. The van der Waals surface area contributed by atoms with E-state index in [0.717, 1.165) is 47.1 Å². The lowest BCUT2D eigenvalue weighted by Gasteiger charge is -2.40. The minimum atomic E-state index is -2.69. The largest absolute Gasteiger partial charge is 0.497 e. The number of ether oxygens (including phenoxy) is 5. The molecule has 1 fully saturated rings. The molecule has 4 aromatic carbocycles. The van der Waals surface area contributed by atoms with Gasteiger partial charge in [0.05, 0.1) is 27.4 Å². The Morgan fingerprint density at radius 2 is 1.22 bits per heavy atom. The number of carbonyl (C=O) groups excluding carboxylic acids is 1. The molecule has 5 aromatic rings. The fourth-order valence-corrected chi connectivity index (χ4v) is 10.9. The van der Waals surface area contributed by atoms with Gasteiger partial charge in [-0.2, -0.15) is 4.57 Å². The van der Waals surface area contributed by atoms with Gasteiger partial charge in [-0.3, -0.25) is 14.2 Å². The van der Waals surface area contributed by atoms with Crippen molar-refractivity contribution in [1.82, 2.24) is 9.13 Å². The molecule has 4 atom stereocenters. The highest BCUT2D eigenvalue weighted by atomic mass is 28.4. The van der Waals surface area contributed by atoms with E-state index in [2.05, 4.69) is 40.8 Å². The van der Waals surface area contributed by atoms with Crippen LogP contribution in [0.2, 0.25) is 18.1 Å². The Morgan fingerprint density at radius 1 is 0.703 bits per heavy atom. The van der Waals surface area contributed by atoms with Gasteiger partial charge in [-0.25, -0.2) is 4.79 Å². The fraction of sp³-hybridized carbons (Fsp3) is 0.525. The maximum atomic E-state index is 14.8. The van der Waals surface area contributed by atoms with Crippen molar-refractivity contribution < 1.29 is 38.0 Å². The van der Waals surface area contributed by atoms with Crippen LogP contribution in [0.25, 0.3) is 0 Å².